The maximum atomic E-state index is 5.85. The first-order chi connectivity index (χ1) is 6.65. The van der Waals surface area contributed by atoms with Crippen molar-refractivity contribution in [3.8, 4) is 0 Å². The molecule has 0 aromatic heterocycles. The van der Waals surface area contributed by atoms with Crippen molar-refractivity contribution in [2.24, 2.45) is 23.6 Å². The molecule has 5 atom stereocenters. The van der Waals surface area contributed by atoms with Crippen LogP contribution in [0.3, 0.4) is 0 Å². The molecule has 3 N–H and O–H groups in total. The minimum absolute atomic E-state index is 0.349. The standard InChI is InChI=1S/C11H22N2O/c1-6-7(2)14-8(3)10(6)11(13-12)9-4-5-9/h6-11,13H,4-5,12H2,1-3H3. The van der Waals surface area contributed by atoms with Crippen molar-refractivity contribution < 1.29 is 4.74 Å². The van der Waals surface area contributed by atoms with Crippen LogP contribution in [0, 0.1) is 17.8 Å². The fourth-order valence-corrected chi connectivity index (χ4v) is 2.93. The topological polar surface area (TPSA) is 47.3 Å². The van der Waals surface area contributed by atoms with Crippen molar-refractivity contribution in [3.05, 3.63) is 0 Å². The van der Waals surface area contributed by atoms with Crippen LogP contribution in [0.5, 0.6) is 0 Å². The van der Waals surface area contributed by atoms with Crippen LogP contribution < -0.4 is 11.3 Å². The number of nitrogens with one attached hydrogen (secondary N) is 1. The lowest BCUT2D eigenvalue weighted by Gasteiger charge is -2.28. The highest BCUT2D eigenvalue weighted by Crippen LogP contribution is 2.43. The summed E-state index contributed by atoms with van der Waals surface area (Å²) in [6.07, 6.45) is 3.39. The molecule has 0 spiro atoms. The second kappa shape index (κ2) is 3.80. The molecule has 0 amide bonds. The fourth-order valence-electron chi connectivity index (χ4n) is 2.93. The maximum Gasteiger partial charge on any atom is 0.0597 e. The van der Waals surface area contributed by atoms with Gasteiger partial charge in [0.05, 0.1) is 12.2 Å². The quantitative estimate of drug-likeness (QED) is 0.530. The Morgan fingerprint density at radius 3 is 2.21 bits per heavy atom. The molecule has 3 heteroatoms. The molecule has 1 saturated carbocycles. The van der Waals surface area contributed by atoms with Crippen LogP contribution in [0.15, 0.2) is 0 Å². The molecule has 14 heavy (non-hydrogen) atoms. The highest BCUT2D eigenvalue weighted by molar-refractivity contribution is 4.97. The fraction of sp³-hybridized carbons (Fsp3) is 1.00. The molecule has 0 aromatic carbocycles. The minimum Gasteiger partial charge on any atom is -0.375 e. The summed E-state index contributed by atoms with van der Waals surface area (Å²) in [6.45, 7) is 6.63. The Bertz CT molecular complexity index is 205. The first-order valence-corrected chi connectivity index (χ1v) is 5.76. The maximum absolute atomic E-state index is 5.85. The van der Waals surface area contributed by atoms with Crippen molar-refractivity contribution in [3.63, 3.8) is 0 Å². The summed E-state index contributed by atoms with van der Waals surface area (Å²) in [5.74, 6) is 7.66. The molecule has 2 rings (SSSR count). The van der Waals surface area contributed by atoms with E-state index in [0.717, 1.165) is 5.92 Å². The van der Waals surface area contributed by atoms with Gasteiger partial charge in [-0.3, -0.25) is 11.3 Å². The van der Waals surface area contributed by atoms with Gasteiger partial charge in [-0.2, -0.15) is 0 Å². The molecule has 1 saturated heterocycles. The highest BCUT2D eigenvalue weighted by Gasteiger charge is 2.46. The van der Waals surface area contributed by atoms with E-state index < -0.39 is 0 Å². The van der Waals surface area contributed by atoms with Gasteiger partial charge in [0.15, 0.2) is 0 Å². The largest absolute Gasteiger partial charge is 0.375 e. The Kier molecular flexibility index (Phi) is 2.82. The third kappa shape index (κ3) is 1.69. The summed E-state index contributed by atoms with van der Waals surface area (Å²) < 4.78 is 5.85. The van der Waals surface area contributed by atoms with Gasteiger partial charge >= 0.3 is 0 Å². The van der Waals surface area contributed by atoms with Gasteiger partial charge in [-0.25, -0.2) is 0 Å². The number of hydrogen-bond acceptors (Lipinski definition) is 3. The van der Waals surface area contributed by atoms with Crippen molar-refractivity contribution in [1.29, 1.82) is 0 Å². The molecule has 2 fully saturated rings. The highest BCUT2D eigenvalue weighted by atomic mass is 16.5. The third-order valence-electron chi connectivity index (χ3n) is 4.06. The summed E-state index contributed by atoms with van der Waals surface area (Å²) in [5, 5.41) is 0. The molecule has 2 aliphatic rings. The number of rotatable bonds is 3. The number of hydrazine groups is 1. The Hall–Kier alpha value is -0.120. The van der Waals surface area contributed by atoms with Gasteiger partial charge in [0, 0.05) is 12.0 Å². The molecule has 0 radical (unpaired) electrons. The first-order valence-electron chi connectivity index (χ1n) is 5.76. The molecule has 1 heterocycles. The van der Waals surface area contributed by atoms with E-state index >= 15 is 0 Å². The summed E-state index contributed by atoms with van der Waals surface area (Å²) in [4.78, 5) is 0. The average molecular weight is 198 g/mol. The minimum atomic E-state index is 0.349. The van der Waals surface area contributed by atoms with Crippen LogP contribution in [-0.4, -0.2) is 18.2 Å². The predicted molar refractivity (Wildman–Crippen MR) is 56.5 cm³/mol. The van der Waals surface area contributed by atoms with Gasteiger partial charge < -0.3 is 4.74 Å². The van der Waals surface area contributed by atoms with E-state index in [9.17, 15) is 0 Å². The summed E-state index contributed by atoms with van der Waals surface area (Å²) in [6, 6.07) is 0.463. The van der Waals surface area contributed by atoms with E-state index in [1.165, 1.54) is 12.8 Å². The van der Waals surface area contributed by atoms with E-state index in [4.69, 9.17) is 10.6 Å². The SMILES string of the molecule is CC1OC(C)C(C(NN)C2CC2)C1C. The Balaban J connectivity index is 2.06. The van der Waals surface area contributed by atoms with E-state index in [1.54, 1.807) is 0 Å². The monoisotopic (exact) mass is 198 g/mol. The van der Waals surface area contributed by atoms with Crippen molar-refractivity contribution in [2.45, 2.75) is 51.9 Å². The molecule has 1 aliphatic heterocycles. The third-order valence-corrected chi connectivity index (χ3v) is 4.06. The van der Waals surface area contributed by atoms with Gasteiger partial charge in [-0.15, -0.1) is 0 Å². The second-order valence-electron chi connectivity index (χ2n) is 5.01. The van der Waals surface area contributed by atoms with Gasteiger partial charge in [-0.1, -0.05) is 6.92 Å². The molecule has 5 unspecified atom stereocenters. The molecule has 82 valence electrons. The van der Waals surface area contributed by atoms with E-state index in [-0.39, 0.29) is 0 Å². The predicted octanol–water partition coefficient (Wildman–Crippen LogP) is 1.29. The van der Waals surface area contributed by atoms with Gasteiger partial charge in [0.2, 0.25) is 0 Å². The second-order valence-corrected chi connectivity index (χ2v) is 5.01. The van der Waals surface area contributed by atoms with Gasteiger partial charge in [-0.05, 0) is 38.5 Å². The average Bonchev–Trinajstić information content (AvgIpc) is 2.91. The number of nitrogens with two attached hydrogens (primary N) is 1. The van der Waals surface area contributed by atoms with Crippen LogP contribution in [0.1, 0.15) is 33.6 Å². The van der Waals surface area contributed by atoms with Crippen LogP contribution in [0.25, 0.3) is 0 Å². The van der Waals surface area contributed by atoms with Crippen molar-refractivity contribution in [1.82, 2.24) is 5.43 Å². The van der Waals surface area contributed by atoms with E-state index in [0.29, 0.717) is 30.1 Å². The van der Waals surface area contributed by atoms with Crippen LogP contribution in [0.4, 0.5) is 0 Å². The summed E-state index contributed by atoms with van der Waals surface area (Å²) in [7, 11) is 0. The van der Waals surface area contributed by atoms with Crippen LogP contribution in [-0.2, 0) is 4.74 Å². The molecule has 0 aromatic rings. The number of hydrogen-bond donors (Lipinski definition) is 2. The summed E-state index contributed by atoms with van der Waals surface area (Å²) in [5.41, 5.74) is 3.01. The zero-order valence-corrected chi connectivity index (χ0v) is 9.36. The van der Waals surface area contributed by atoms with Crippen molar-refractivity contribution >= 4 is 0 Å². The molecule has 0 bridgehead atoms. The van der Waals surface area contributed by atoms with Crippen molar-refractivity contribution in [2.75, 3.05) is 0 Å². The van der Waals surface area contributed by atoms with Gasteiger partial charge in [0.25, 0.3) is 0 Å². The Morgan fingerprint density at radius 1 is 1.21 bits per heavy atom. The zero-order valence-electron chi connectivity index (χ0n) is 9.36. The zero-order chi connectivity index (χ0) is 10.3. The smallest absolute Gasteiger partial charge is 0.0597 e. The van der Waals surface area contributed by atoms with Crippen LogP contribution >= 0.6 is 0 Å². The molecule has 1 aliphatic carbocycles. The van der Waals surface area contributed by atoms with E-state index in [2.05, 4.69) is 26.2 Å². The lowest BCUT2D eigenvalue weighted by Crippen LogP contribution is -2.46. The first kappa shape index (κ1) is 10.4. The Morgan fingerprint density at radius 2 is 1.86 bits per heavy atom. The number of ether oxygens (including phenoxy) is 1. The van der Waals surface area contributed by atoms with Crippen LogP contribution in [0.2, 0.25) is 0 Å². The molecule has 3 nitrogen and oxygen atoms in total. The molecular weight excluding hydrogens is 176 g/mol. The Labute approximate surface area is 86.4 Å². The summed E-state index contributed by atoms with van der Waals surface area (Å²) >= 11 is 0. The normalized spacial score (nSPS) is 45.4. The lowest BCUT2D eigenvalue weighted by atomic mass is 9.82. The van der Waals surface area contributed by atoms with E-state index in [1.807, 2.05) is 0 Å². The molecular formula is C11H22N2O. The van der Waals surface area contributed by atoms with Gasteiger partial charge in [0.1, 0.15) is 0 Å². The lowest BCUT2D eigenvalue weighted by molar-refractivity contribution is 0.0466.